The van der Waals surface area contributed by atoms with Gasteiger partial charge in [0.1, 0.15) is 5.54 Å². The van der Waals surface area contributed by atoms with Crippen molar-refractivity contribution in [3.05, 3.63) is 33.8 Å². The van der Waals surface area contributed by atoms with E-state index >= 15 is 0 Å². The van der Waals surface area contributed by atoms with Crippen molar-refractivity contribution in [2.24, 2.45) is 5.73 Å². The highest BCUT2D eigenvalue weighted by molar-refractivity contribution is 6.42. The quantitative estimate of drug-likeness (QED) is 0.820. The maximum atomic E-state index is 12.1. The molecule has 0 aromatic heterocycles. The normalized spacial score (nSPS) is 19.8. The molecule has 116 valence electrons. The minimum Gasteiger partial charge on any atom is -0.368 e. The molecule has 2 rings (SSSR count). The van der Waals surface area contributed by atoms with Gasteiger partial charge in [0, 0.05) is 6.04 Å². The number of nitrogens with one attached hydrogen (secondary N) is 1. The van der Waals surface area contributed by atoms with Gasteiger partial charge < -0.3 is 5.73 Å². The van der Waals surface area contributed by atoms with Gasteiger partial charge >= 0.3 is 0 Å². The van der Waals surface area contributed by atoms with Gasteiger partial charge in [0.25, 0.3) is 0 Å². The van der Waals surface area contributed by atoms with Gasteiger partial charge in [0.2, 0.25) is 5.91 Å². The SMILES string of the molecule is CC(NC1CCCCCC1)(C(N)=O)c1ccc(Cl)c(Cl)c1. The number of nitrogens with two attached hydrogens (primary N) is 1. The number of halogens is 2. The summed E-state index contributed by atoms with van der Waals surface area (Å²) in [4.78, 5) is 12.1. The molecular formula is C16H22Cl2N2O. The minimum absolute atomic E-state index is 0.305. The van der Waals surface area contributed by atoms with Crippen molar-refractivity contribution in [2.75, 3.05) is 0 Å². The van der Waals surface area contributed by atoms with E-state index in [9.17, 15) is 4.79 Å². The summed E-state index contributed by atoms with van der Waals surface area (Å²) in [5, 5.41) is 4.37. The Hall–Kier alpha value is -0.770. The van der Waals surface area contributed by atoms with Crippen LogP contribution in [0, 0.1) is 0 Å². The summed E-state index contributed by atoms with van der Waals surface area (Å²) in [5.41, 5.74) is 5.50. The van der Waals surface area contributed by atoms with E-state index in [1.165, 1.54) is 25.7 Å². The molecular weight excluding hydrogens is 307 g/mol. The van der Waals surface area contributed by atoms with E-state index in [1.807, 2.05) is 13.0 Å². The largest absolute Gasteiger partial charge is 0.368 e. The Morgan fingerprint density at radius 1 is 1.19 bits per heavy atom. The average Bonchev–Trinajstić information content (AvgIpc) is 2.70. The van der Waals surface area contributed by atoms with Crippen molar-refractivity contribution in [1.29, 1.82) is 0 Å². The Labute approximate surface area is 136 Å². The topological polar surface area (TPSA) is 55.1 Å². The van der Waals surface area contributed by atoms with Crippen molar-refractivity contribution in [3.8, 4) is 0 Å². The smallest absolute Gasteiger partial charge is 0.242 e. The zero-order valence-corrected chi connectivity index (χ0v) is 13.8. The van der Waals surface area contributed by atoms with Crippen molar-refractivity contribution < 1.29 is 4.79 Å². The van der Waals surface area contributed by atoms with E-state index in [0.29, 0.717) is 16.1 Å². The number of carbonyl (C=O) groups excluding carboxylic acids is 1. The monoisotopic (exact) mass is 328 g/mol. The molecule has 0 bridgehead atoms. The van der Waals surface area contributed by atoms with Crippen LogP contribution in [0.5, 0.6) is 0 Å². The number of benzene rings is 1. The zero-order valence-electron chi connectivity index (χ0n) is 12.3. The van der Waals surface area contributed by atoms with Gasteiger partial charge in [0.15, 0.2) is 0 Å². The standard InChI is InChI=1S/C16H22Cl2N2O/c1-16(15(19)21,11-8-9-13(17)14(18)10-11)20-12-6-4-2-3-5-7-12/h8-10,12,20H,2-7H2,1H3,(H2,19,21). The van der Waals surface area contributed by atoms with Crippen LogP contribution < -0.4 is 11.1 Å². The third kappa shape index (κ3) is 3.91. The molecule has 0 heterocycles. The number of amides is 1. The molecule has 3 nitrogen and oxygen atoms in total. The van der Waals surface area contributed by atoms with Crippen LogP contribution in [0.4, 0.5) is 0 Å². The number of hydrogen-bond acceptors (Lipinski definition) is 2. The number of hydrogen-bond donors (Lipinski definition) is 2. The summed E-state index contributed by atoms with van der Waals surface area (Å²) < 4.78 is 0. The van der Waals surface area contributed by atoms with Crippen LogP contribution in [0.25, 0.3) is 0 Å². The molecule has 1 unspecified atom stereocenters. The van der Waals surface area contributed by atoms with Crippen LogP contribution in [0.1, 0.15) is 51.0 Å². The molecule has 21 heavy (non-hydrogen) atoms. The third-order valence-electron chi connectivity index (χ3n) is 4.34. The third-order valence-corrected chi connectivity index (χ3v) is 5.08. The van der Waals surface area contributed by atoms with Gasteiger partial charge in [0.05, 0.1) is 10.0 Å². The molecule has 3 N–H and O–H groups in total. The van der Waals surface area contributed by atoms with Crippen LogP contribution in [-0.2, 0) is 10.3 Å². The molecule has 1 amide bonds. The Morgan fingerprint density at radius 2 is 1.81 bits per heavy atom. The van der Waals surface area contributed by atoms with E-state index in [4.69, 9.17) is 28.9 Å². The molecule has 1 atom stereocenters. The van der Waals surface area contributed by atoms with Crippen LogP contribution in [0.3, 0.4) is 0 Å². The zero-order chi connectivity index (χ0) is 15.5. The summed E-state index contributed by atoms with van der Waals surface area (Å²) >= 11 is 12.0. The van der Waals surface area contributed by atoms with Crippen LogP contribution >= 0.6 is 23.2 Å². The lowest BCUT2D eigenvalue weighted by molar-refractivity contribution is -0.124. The van der Waals surface area contributed by atoms with Gasteiger partial charge in [-0.2, -0.15) is 0 Å². The maximum Gasteiger partial charge on any atom is 0.242 e. The lowest BCUT2D eigenvalue weighted by Crippen LogP contribution is -2.54. The predicted molar refractivity (Wildman–Crippen MR) is 87.6 cm³/mol. The molecule has 1 fully saturated rings. The van der Waals surface area contributed by atoms with Gasteiger partial charge in [-0.05, 0) is 37.5 Å². The molecule has 1 aromatic rings. The van der Waals surface area contributed by atoms with Crippen molar-refractivity contribution in [1.82, 2.24) is 5.32 Å². The van der Waals surface area contributed by atoms with E-state index in [2.05, 4.69) is 5.32 Å². The van der Waals surface area contributed by atoms with Crippen molar-refractivity contribution in [2.45, 2.75) is 57.0 Å². The number of carbonyl (C=O) groups is 1. The molecule has 0 aliphatic heterocycles. The Balaban J connectivity index is 2.26. The second-order valence-corrected chi connectivity index (χ2v) is 6.77. The highest BCUT2D eigenvalue weighted by Crippen LogP contribution is 2.30. The predicted octanol–water partition coefficient (Wildman–Crippen LogP) is 4.01. The Bertz CT molecular complexity index is 513. The Morgan fingerprint density at radius 3 is 2.33 bits per heavy atom. The summed E-state index contributed by atoms with van der Waals surface area (Å²) in [6.07, 6.45) is 7.05. The minimum atomic E-state index is -0.927. The highest BCUT2D eigenvalue weighted by atomic mass is 35.5. The van der Waals surface area contributed by atoms with E-state index < -0.39 is 11.4 Å². The summed E-state index contributed by atoms with van der Waals surface area (Å²) in [7, 11) is 0. The van der Waals surface area contributed by atoms with Crippen LogP contribution in [-0.4, -0.2) is 11.9 Å². The fourth-order valence-corrected chi connectivity index (χ4v) is 3.23. The van der Waals surface area contributed by atoms with Crippen LogP contribution in [0.15, 0.2) is 18.2 Å². The molecule has 1 aromatic carbocycles. The first kappa shape index (κ1) is 16.6. The van der Waals surface area contributed by atoms with E-state index in [0.717, 1.165) is 18.4 Å². The number of primary amides is 1. The summed E-state index contributed by atoms with van der Waals surface area (Å²) in [5.74, 6) is -0.398. The fourth-order valence-electron chi connectivity index (χ4n) is 2.94. The second kappa shape index (κ2) is 6.99. The van der Waals surface area contributed by atoms with Gasteiger partial charge in [-0.1, -0.05) is 55.0 Å². The molecule has 1 aliphatic rings. The van der Waals surface area contributed by atoms with E-state index in [-0.39, 0.29) is 0 Å². The Kier molecular flexibility index (Phi) is 5.53. The first-order chi connectivity index (χ1) is 9.93. The number of rotatable bonds is 4. The van der Waals surface area contributed by atoms with Crippen LogP contribution in [0.2, 0.25) is 10.0 Å². The van der Waals surface area contributed by atoms with Gasteiger partial charge in [-0.25, -0.2) is 0 Å². The lowest BCUT2D eigenvalue weighted by atomic mass is 9.89. The molecule has 1 saturated carbocycles. The molecule has 5 heteroatoms. The van der Waals surface area contributed by atoms with Crippen molar-refractivity contribution >= 4 is 29.1 Å². The highest BCUT2D eigenvalue weighted by Gasteiger charge is 2.35. The molecule has 0 spiro atoms. The average molecular weight is 329 g/mol. The first-order valence-electron chi connectivity index (χ1n) is 7.46. The first-order valence-corrected chi connectivity index (χ1v) is 8.22. The molecule has 0 saturated heterocycles. The molecule has 0 radical (unpaired) electrons. The second-order valence-electron chi connectivity index (χ2n) is 5.95. The van der Waals surface area contributed by atoms with Gasteiger partial charge in [-0.3, -0.25) is 10.1 Å². The fraction of sp³-hybridized carbons (Fsp3) is 0.562. The lowest BCUT2D eigenvalue weighted by Gasteiger charge is -2.33. The summed E-state index contributed by atoms with van der Waals surface area (Å²) in [6, 6.07) is 5.54. The van der Waals surface area contributed by atoms with Crippen molar-refractivity contribution in [3.63, 3.8) is 0 Å². The van der Waals surface area contributed by atoms with Gasteiger partial charge in [-0.15, -0.1) is 0 Å². The summed E-state index contributed by atoms with van der Waals surface area (Å²) in [6.45, 7) is 1.82. The van der Waals surface area contributed by atoms with E-state index in [1.54, 1.807) is 12.1 Å². The molecule has 1 aliphatic carbocycles. The maximum absolute atomic E-state index is 12.1.